The Kier molecular flexibility index (Phi) is 11.8. The maximum Gasteiger partial charge on any atom is 2.00 e. The van der Waals surface area contributed by atoms with Gasteiger partial charge in [-0.1, -0.05) is 0 Å². The van der Waals surface area contributed by atoms with E-state index in [2.05, 4.69) is 0 Å². The largest absolute Gasteiger partial charge is 2.00 e. The molecule has 0 unspecified atom stereocenters. The first-order valence-electron chi connectivity index (χ1n) is 9.53. The van der Waals surface area contributed by atoms with Crippen molar-refractivity contribution < 1.29 is 176 Å². The summed E-state index contributed by atoms with van der Waals surface area (Å²) in [4.78, 5) is 0. The zero-order valence-corrected chi connectivity index (χ0v) is 26.0. The molecule has 0 aliphatic rings. The fraction of sp³-hybridized carbons (Fsp3) is 1.00. The molecule has 51 heavy (non-hydrogen) atoms. The number of halogens is 36. The normalized spacial score (nSPS) is 19.1. The summed E-state index contributed by atoms with van der Waals surface area (Å²) in [7, 11) is 0. The van der Waals surface area contributed by atoms with E-state index >= 15 is 0 Å². The summed E-state index contributed by atoms with van der Waals surface area (Å²) in [5, 5.41) is 0. The smallest absolute Gasteiger partial charge is 2.00 e. The van der Waals surface area contributed by atoms with E-state index in [1.54, 1.807) is 0 Å². The van der Waals surface area contributed by atoms with Gasteiger partial charge in [-0.3, -0.25) is 0 Å². The molecule has 312 valence electrons. The van der Waals surface area contributed by atoms with Crippen molar-refractivity contribution in [3.05, 3.63) is 0 Å². The van der Waals surface area contributed by atoms with Gasteiger partial charge in [0.2, 0.25) is 0 Å². The van der Waals surface area contributed by atoms with Crippen LogP contribution in [0.2, 0.25) is 0 Å². The van der Waals surface area contributed by atoms with E-state index in [0.717, 1.165) is 0 Å². The van der Waals surface area contributed by atoms with Crippen molar-refractivity contribution in [3.63, 3.8) is 0 Å². The van der Waals surface area contributed by atoms with Gasteiger partial charge in [0.25, 0.3) is 0 Å². The molecule has 0 aliphatic carbocycles. The van der Waals surface area contributed by atoms with Crippen LogP contribution in [0.5, 0.6) is 0 Å². The molecule has 0 N–H and O–H groups in total. The van der Waals surface area contributed by atoms with Gasteiger partial charge >= 0.3 is 261 Å². The summed E-state index contributed by atoms with van der Waals surface area (Å²) in [6, 6.07) is 0. The Morgan fingerprint density at radius 1 is 0.176 bits per heavy atom. The van der Waals surface area contributed by atoms with Gasteiger partial charge in [-0.25, -0.2) is 0 Å². The van der Waals surface area contributed by atoms with Gasteiger partial charge < -0.3 is 0 Å². The molecular weight excluding hydrogens is 955 g/mol. The molecule has 0 fully saturated rings. The standard InChI is InChI=1S/2C6F18P.Zn/c2*7-1(8,9)4(16,17)25(22,23,24,5(18,19)2(10,11)12)6(20,21)3(13,14)15;/q2*-1;+2. The van der Waals surface area contributed by atoms with Crippen LogP contribution in [-0.4, -0.2) is 71.0 Å². The predicted octanol–water partition coefficient (Wildman–Crippen LogP) is 14.4. The Balaban J connectivity index is -0.000000886. The summed E-state index contributed by atoms with van der Waals surface area (Å²) in [5.74, 6) is 0. The molecule has 0 aromatic heterocycles. The topological polar surface area (TPSA) is 0 Å². The van der Waals surface area contributed by atoms with Crippen LogP contribution in [-0.2, 0) is 19.5 Å². The van der Waals surface area contributed by atoms with Crippen molar-refractivity contribution in [2.45, 2.75) is 71.0 Å². The van der Waals surface area contributed by atoms with Gasteiger partial charge in [0.1, 0.15) is 0 Å². The number of alkyl halides is 30. The van der Waals surface area contributed by atoms with Crippen molar-refractivity contribution >= 4 is 13.8 Å². The van der Waals surface area contributed by atoms with Crippen LogP contribution in [0, 0.1) is 0 Å². The molecule has 0 radical (unpaired) electrons. The average molecular weight is 955 g/mol. The average Bonchev–Trinajstić information content (AvgIpc) is 2.74. The summed E-state index contributed by atoms with van der Waals surface area (Å²) < 4.78 is 445. The molecule has 0 rings (SSSR count). The van der Waals surface area contributed by atoms with Crippen molar-refractivity contribution in [3.8, 4) is 0 Å². The molecule has 0 amide bonds. The van der Waals surface area contributed by atoms with Gasteiger partial charge in [0, 0.05) is 0 Å². The molecule has 0 nitrogen and oxygen atoms in total. The van der Waals surface area contributed by atoms with Crippen LogP contribution in [0.25, 0.3) is 0 Å². The van der Waals surface area contributed by atoms with Crippen molar-refractivity contribution in [2.75, 3.05) is 0 Å². The molecule has 0 saturated carbocycles. The van der Waals surface area contributed by atoms with E-state index < -0.39 is 84.8 Å². The van der Waals surface area contributed by atoms with E-state index in [1.165, 1.54) is 0 Å². The first kappa shape index (κ1) is 54.3. The number of hydrogen-bond acceptors (Lipinski definition) is 0. The second-order valence-electron chi connectivity index (χ2n) is 8.81. The molecule has 39 heteroatoms. The Morgan fingerprint density at radius 2 is 0.235 bits per heavy atom. The molecular formula is C12F36P2Zn. The van der Waals surface area contributed by atoms with Gasteiger partial charge in [0.05, 0.1) is 0 Å². The summed E-state index contributed by atoms with van der Waals surface area (Å²) >= 11 is 0. The van der Waals surface area contributed by atoms with Gasteiger partial charge in [-0.2, -0.15) is 0 Å². The van der Waals surface area contributed by atoms with Crippen molar-refractivity contribution in [2.24, 2.45) is 0 Å². The number of hydrogen-bond donors (Lipinski definition) is 0. The van der Waals surface area contributed by atoms with E-state index in [1.807, 2.05) is 0 Å². The summed E-state index contributed by atoms with van der Waals surface area (Å²) in [6.07, 6.45) is -52.2. The second-order valence-corrected chi connectivity index (χ2v) is 17.3. The molecule has 0 heterocycles. The SMILES string of the molecule is FC(F)(F)C(F)(F)[P-](F)(F)(F)(C(F)(F)C(F)(F)F)C(F)(F)C(F)(F)F.FC(F)(F)C(F)(F)[P-](F)(F)(F)(C(F)(F)C(F)(F)F)C(F)(F)C(F)(F)F.[Zn+2]. The molecule has 0 bridgehead atoms. The van der Waals surface area contributed by atoms with Crippen LogP contribution in [0.15, 0.2) is 0 Å². The molecule has 0 saturated heterocycles. The first-order valence-corrected chi connectivity index (χ1v) is 14.2. The zero-order chi connectivity index (χ0) is 42.8. The second kappa shape index (κ2) is 11.1. The predicted molar refractivity (Wildman–Crippen MR) is 86.5 cm³/mol. The van der Waals surface area contributed by atoms with E-state index in [-0.39, 0.29) is 19.5 Å². The van der Waals surface area contributed by atoms with E-state index in [4.69, 9.17) is 0 Å². The molecule has 0 spiro atoms. The maximum atomic E-state index is 13.4. The van der Waals surface area contributed by atoms with Crippen molar-refractivity contribution in [1.82, 2.24) is 0 Å². The first-order chi connectivity index (χ1) is 20.2. The van der Waals surface area contributed by atoms with Crippen molar-refractivity contribution in [1.29, 1.82) is 0 Å². The maximum absolute atomic E-state index is 15.0. The van der Waals surface area contributed by atoms with Crippen LogP contribution in [0.3, 0.4) is 0 Å². The third-order valence-electron chi connectivity index (χ3n) is 5.64. The van der Waals surface area contributed by atoms with Crippen LogP contribution in [0.4, 0.5) is 157 Å². The fourth-order valence-electron chi connectivity index (χ4n) is 2.68. The number of rotatable bonds is 6. The van der Waals surface area contributed by atoms with Gasteiger partial charge in [-0.15, -0.1) is 0 Å². The Bertz CT molecular complexity index is 1050. The van der Waals surface area contributed by atoms with Crippen LogP contribution < -0.4 is 0 Å². The van der Waals surface area contributed by atoms with Gasteiger partial charge in [0.15, 0.2) is 0 Å². The van der Waals surface area contributed by atoms with Gasteiger partial charge in [-0.05, 0) is 0 Å². The van der Waals surface area contributed by atoms with E-state index in [9.17, 15) is 157 Å². The Hall–Kier alpha value is -1.04. The molecule has 0 atom stereocenters. The Labute approximate surface area is 262 Å². The molecule has 0 aromatic carbocycles. The molecule has 0 aliphatic heterocycles. The monoisotopic (exact) mass is 954 g/mol. The van der Waals surface area contributed by atoms with E-state index in [0.29, 0.717) is 0 Å². The molecule has 0 aromatic rings. The van der Waals surface area contributed by atoms with Crippen LogP contribution in [0.1, 0.15) is 0 Å². The Morgan fingerprint density at radius 3 is 0.275 bits per heavy atom. The fourth-order valence-corrected chi connectivity index (χ4v) is 8.04. The minimum Gasteiger partial charge on any atom is 2.00 e. The third kappa shape index (κ3) is 5.28. The van der Waals surface area contributed by atoms with Crippen LogP contribution >= 0.6 is 13.8 Å². The quantitative estimate of drug-likeness (QED) is 0.141. The minimum absolute atomic E-state index is 0. The summed E-state index contributed by atoms with van der Waals surface area (Å²) in [6.45, 7) is -30.0. The summed E-state index contributed by atoms with van der Waals surface area (Å²) in [5.41, 5.74) is -58.5. The zero-order valence-electron chi connectivity index (χ0n) is 21.2. The minimum atomic E-state index is -15.0. The third-order valence-corrected chi connectivity index (χ3v) is 14.4.